The number of amides is 1. The summed E-state index contributed by atoms with van der Waals surface area (Å²) in [5.74, 6) is -0.171. The van der Waals surface area contributed by atoms with E-state index in [1.807, 2.05) is 0 Å². The Morgan fingerprint density at radius 3 is 2.74 bits per heavy atom. The zero-order valence-corrected chi connectivity index (χ0v) is 11.8. The van der Waals surface area contributed by atoms with Gasteiger partial charge in [-0.05, 0) is 19.1 Å². The van der Waals surface area contributed by atoms with Crippen molar-refractivity contribution >= 4 is 21.4 Å². The minimum Gasteiger partial charge on any atom is -0.387 e. The molecule has 1 unspecified atom stereocenters. The van der Waals surface area contributed by atoms with Gasteiger partial charge in [-0.3, -0.25) is 4.79 Å². The first-order valence-electron chi connectivity index (χ1n) is 6.08. The maximum atomic E-state index is 12.3. The van der Waals surface area contributed by atoms with Gasteiger partial charge in [0.2, 0.25) is 0 Å². The minimum atomic E-state index is -3.02. The molecule has 1 N–H and O–H groups in total. The SMILES string of the molecule is CNc1ccc(C(=O)N2CCS(=O)(=O)CC2C)nc1. The Balaban J connectivity index is 2.15. The summed E-state index contributed by atoms with van der Waals surface area (Å²) in [5, 5.41) is 2.93. The number of aromatic nitrogens is 1. The average Bonchev–Trinajstić information content (AvgIpc) is 2.37. The summed E-state index contributed by atoms with van der Waals surface area (Å²) in [6.45, 7) is 1.98. The lowest BCUT2D eigenvalue weighted by Gasteiger charge is -2.32. The Hall–Kier alpha value is -1.63. The smallest absolute Gasteiger partial charge is 0.272 e. The first-order valence-corrected chi connectivity index (χ1v) is 7.90. The Labute approximate surface area is 112 Å². The van der Waals surface area contributed by atoms with Crippen molar-refractivity contribution in [2.75, 3.05) is 30.4 Å². The van der Waals surface area contributed by atoms with Crippen LogP contribution in [0.3, 0.4) is 0 Å². The van der Waals surface area contributed by atoms with Gasteiger partial charge in [0.15, 0.2) is 9.84 Å². The van der Waals surface area contributed by atoms with E-state index in [0.717, 1.165) is 5.69 Å². The molecule has 1 saturated heterocycles. The van der Waals surface area contributed by atoms with E-state index in [-0.39, 0.29) is 30.0 Å². The number of rotatable bonds is 2. The molecule has 1 aliphatic rings. The van der Waals surface area contributed by atoms with Crippen molar-refractivity contribution in [1.82, 2.24) is 9.88 Å². The molecule has 0 aliphatic carbocycles. The van der Waals surface area contributed by atoms with Crippen LogP contribution >= 0.6 is 0 Å². The second-order valence-electron chi connectivity index (χ2n) is 4.64. The number of nitrogens with one attached hydrogen (secondary N) is 1. The van der Waals surface area contributed by atoms with E-state index >= 15 is 0 Å². The molecule has 1 fully saturated rings. The lowest BCUT2D eigenvalue weighted by atomic mass is 10.2. The minimum absolute atomic E-state index is 0.0212. The third kappa shape index (κ3) is 3.04. The summed E-state index contributed by atoms with van der Waals surface area (Å²) in [4.78, 5) is 17.9. The van der Waals surface area contributed by atoms with Crippen LogP contribution in [0.2, 0.25) is 0 Å². The molecule has 0 bridgehead atoms. The summed E-state index contributed by atoms with van der Waals surface area (Å²) < 4.78 is 23.0. The largest absolute Gasteiger partial charge is 0.387 e. The number of carbonyl (C=O) groups is 1. The molecule has 2 rings (SSSR count). The predicted molar refractivity (Wildman–Crippen MR) is 72.9 cm³/mol. The van der Waals surface area contributed by atoms with Gasteiger partial charge in [-0.25, -0.2) is 13.4 Å². The van der Waals surface area contributed by atoms with Crippen molar-refractivity contribution in [1.29, 1.82) is 0 Å². The van der Waals surface area contributed by atoms with Crippen LogP contribution in [0.4, 0.5) is 5.69 Å². The molecule has 104 valence electrons. The summed E-state index contributed by atoms with van der Waals surface area (Å²) >= 11 is 0. The van der Waals surface area contributed by atoms with E-state index in [1.165, 1.54) is 0 Å². The monoisotopic (exact) mass is 283 g/mol. The molecule has 1 aliphatic heterocycles. The van der Waals surface area contributed by atoms with Gasteiger partial charge in [-0.2, -0.15) is 0 Å². The standard InChI is InChI=1S/C12H17N3O3S/c1-9-8-19(17,18)6-5-15(9)12(16)11-4-3-10(13-2)7-14-11/h3-4,7,9,13H,5-6,8H2,1-2H3. The van der Waals surface area contributed by atoms with Crippen molar-refractivity contribution in [2.24, 2.45) is 0 Å². The quantitative estimate of drug-likeness (QED) is 0.849. The number of carbonyl (C=O) groups excluding carboxylic acids is 1. The van der Waals surface area contributed by atoms with Gasteiger partial charge in [0, 0.05) is 19.6 Å². The van der Waals surface area contributed by atoms with E-state index in [4.69, 9.17) is 0 Å². The van der Waals surface area contributed by atoms with E-state index in [2.05, 4.69) is 10.3 Å². The molecule has 7 heteroatoms. The Kier molecular flexibility index (Phi) is 3.75. The van der Waals surface area contributed by atoms with Gasteiger partial charge in [-0.1, -0.05) is 0 Å². The van der Waals surface area contributed by atoms with Crippen LogP contribution in [0.15, 0.2) is 18.3 Å². The Morgan fingerprint density at radius 2 is 2.21 bits per heavy atom. The fraction of sp³-hybridized carbons (Fsp3) is 0.500. The number of hydrogen-bond donors (Lipinski definition) is 1. The zero-order valence-electron chi connectivity index (χ0n) is 11.0. The summed E-state index contributed by atoms with van der Waals surface area (Å²) in [7, 11) is -1.24. The molecule has 0 radical (unpaired) electrons. The van der Waals surface area contributed by atoms with Crippen molar-refractivity contribution in [3.8, 4) is 0 Å². The first kappa shape index (κ1) is 13.8. The van der Waals surface area contributed by atoms with Gasteiger partial charge in [0.25, 0.3) is 5.91 Å². The van der Waals surface area contributed by atoms with Gasteiger partial charge >= 0.3 is 0 Å². The van der Waals surface area contributed by atoms with Gasteiger partial charge in [-0.15, -0.1) is 0 Å². The molecule has 1 atom stereocenters. The Morgan fingerprint density at radius 1 is 1.47 bits per heavy atom. The van der Waals surface area contributed by atoms with Gasteiger partial charge < -0.3 is 10.2 Å². The van der Waals surface area contributed by atoms with E-state index in [0.29, 0.717) is 5.69 Å². The van der Waals surface area contributed by atoms with Crippen LogP contribution in [0.25, 0.3) is 0 Å². The van der Waals surface area contributed by atoms with E-state index in [1.54, 1.807) is 37.2 Å². The van der Waals surface area contributed by atoms with Crippen molar-refractivity contribution in [3.63, 3.8) is 0 Å². The lowest BCUT2D eigenvalue weighted by Crippen LogP contribution is -2.49. The van der Waals surface area contributed by atoms with Crippen LogP contribution < -0.4 is 5.32 Å². The lowest BCUT2D eigenvalue weighted by molar-refractivity contribution is 0.0706. The number of pyridine rings is 1. The second kappa shape index (κ2) is 5.16. The van der Waals surface area contributed by atoms with E-state index in [9.17, 15) is 13.2 Å². The highest BCUT2D eigenvalue weighted by Crippen LogP contribution is 2.15. The second-order valence-corrected chi connectivity index (χ2v) is 6.87. The molecule has 2 heterocycles. The highest BCUT2D eigenvalue weighted by molar-refractivity contribution is 7.91. The van der Waals surface area contributed by atoms with Crippen LogP contribution in [0.5, 0.6) is 0 Å². The molecule has 1 aromatic rings. The predicted octanol–water partition coefficient (Wildman–Crippen LogP) is 0.382. The number of hydrogen-bond acceptors (Lipinski definition) is 5. The van der Waals surface area contributed by atoms with Crippen LogP contribution in [-0.2, 0) is 9.84 Å². The fourth-order valence-corrected chi connectivity index (χ4v) is 3.67. The average molecular weight is 283 g/mol. The highest BCUT2D eigenvalue weighted by atomic mass is 32.2. The first-order chi connectivity index (χ1) is 8.93. The number of sulfone groups is 1. The molecule has 0 spiro atoms. The molecule has 1 aromatic heterocycles. The third-order valence-electron chi connectivity index (χ3n) is 3.20. The number of nitrogens with zero attached hydrogens (tertiary/aromatic N) is 2. The summed E-state index contributed by atoms with van der Waals surface area (Å²) in [5.41, 5.74) is 1.16. The molecule has 0 aromatic carbocycles. The van der Waals surface area contributed by atoms with Crippen molar-refractivity contribution < 1.29 is 13.2 Å². The molecular weight excluding hydrogens is 266 g/mol. The van der Waals surface area contributed by atoms with Crippen LogP contribution in [-0.4, -0.2) is 55.3 Å². The topological polar surface area (TPSA) is 79.4 Å². The molecular formula is C12H17N3O3S. The van der Waals surface area contributed by atoms with Crippen LogP contribution in [0.1, 0.15) is 17.4 Å². The normalized spacial score (nSPS) is 22.0. The van der Waals surface area contributed by atoms with Crippen LogP contribution in [0, 0.1) is 0 Å². The summed E-state index contributed by atoms with van der Waals surface area (Å²) in [6.07, 6.45) is 1.58. The van der Waals surface area contributed by atoms with Crippen molar-refractivity contribution in [2.45, 2.75) is 13.0 Å². The molecule has 6 nitrogen and oxygen atoms in total. The molecule has 0 saturated carbocycles. The zero-order chi connectivity index (χ0) is 14.0. The maximum absolute atomic E-state index is 12.3. The third-order valence-corrected chi connectivity index (χ3v) is 5.00. The molecule has 19 heavy (non-hydrogen) atoms. The fourth-order valence-electron chi connectivity index (χ4n) is 2.12. The van der Waals surface area contributed by atoms with Gasteiger partial charge in [0.1, 0.15) is 5.69 Å². The van der Waals surface area contributed by atoms with E-state index < -0.39 is 9.84 Å². The molecule has 1 amide bonds. The summed E-state index contributed by atoms with van der Waals surface area (Å²) in [6, 6.07) is 3.10. The van der Waals surface area contributed by atoms with Gasteiger partial charge in [0.05, 0.1) is 23.4 Å². The Bertz CT molecular complexity index is 568. The number of anilines is 1. The maximum Gasteiger partial charge on any atom is 0.272 e. The van der Waals surface area contributed by atoms with Crippen molar-refractivity contribution in [3.05, 3.63) is 24.0 Å². The highest BCUT2D eigenvalue weighted by Gasteiger charge is 2.32.